The minimum atomic E-state index is -0.137. The molecule has 132 valence electrons. The minimum absolute atomic E-state index is 0.0849. The van der Waals surface area contributed by atoms with Gasteiger partial charge in [-0.05, 0) is 48.9 Å². The van der Waals surface area contributed by atoms with E-state index in [9.17, 15) is 9.59 Å². The molecule has 0 saturated heterocycles. The molecule has 0 radical (unpaired) electrons. The molecule has 4 nitrogen and oxygen atoms in total. The van der Waals surface area contributed by atoms with Crippen LogP contribution in [-0.2, 0) is 4.79 Å². The average molecular weight is 351 g/mol. The van der Waals surface area contributed by atoms with Gasteiger partial charge in [0.15, 0.2) is 0 Å². The van der Waals surface area contributed by atoms with E-state index in [0.717, 1.165) is 6.42 Å². The fraction of sp³-hybridized carbons (Fsp3) is 0.579. The van der Waals surface area contributed by atoms with Crippen molar-refractivity contribution < 1.29 is 9.59 Å². The van der Waals surface area contributed by atoms with E-state index in [2.05, 4.69) is 24.5 Å². The Hall–Kier alpha value is -1.55. The minimum Gasteiger partial charge on any atom is -0.353 e. The Labute approximate surface area is 149 Å². The molecule has 1 aromatic carbocycles. The summed E-state index contributed by atoms with van der Waals surface area (Å²) in [5.74, 6) is 1.15. The summed E-state index contributed by atoms with van der Waals surface area (Å²) in [6.07, 6.45) is 4.60. The predicted molar refractivity (Wildman–Crippen MR) is 97.1 cm³/mol. The standard InChI is InChI=1S/C19H27ClN2O2/c1-13-5-3-6-17(14(13)2)22-18(23)7-4-12-21-19(24)15-8-10-16(20)11-9-15/h8-11,13-14,17H,3-7,12H2,1-2H3,(H,21,24)(H,22,23). The second kappa shape index (κ2) is 9.07. The molecule has 3 atom stereocenters. The van der Waals surface area contributed by atoms with Gasteiger partial charge in [0.25, 0.3) is 5.91 Å². The molecule has 5 heteroatoms. The maximum atomic E-state index is 12.1. The second-order valence-corrected chi connectivity index (χ2v) is 7.24. The number of hydrogen-bond donors (Lipinski definition) is 2. The van der Waals surface area contributed by atoms with Crippen LogP contribution in [0.4, 0.5) is 0 Å². The summed E-state index contributed by atoms with van der Waals surface area (Å²) in [5.41, 5.74) is 0.578. The van der Waals surface area contributed by atoms with Crippen molar-refractivity contribution in [3.05, 3.63) is 34.9 Å². The highest BCUT2D eigenvalue weighted by molar-refractivity contribution is 6.30. The molecule has 0 spiro atoms. The van der Waals surface area contributed by atoms with Crippen molar-refractivity contribution in [2.75, 3.05) is 6.54 Å². The molecular weight excluding hydrogens is 324 g/mol. The first-order valence-electron chi connectivity index (χ1n) is 8.80. The molecule has 2 amide bonds. The molecule has 2 N–H and O–H groups in total. The van der Waals surface area contributed by atoms with E-state index in [0.29, 0.717) is 47.9 Å². The summed E-state index contributed by atoms with van der Waals surface area (Å²) >= 11 is 5.80. The first-order valence-corrected chi connectivity index (χ1v) is 9.18. The van der Waals surface area contributed by atoms with Crippen molar-refractivity contribution in [2.45, 2.75) is 52.0 Å². The van der Waals surface area contributed by atoms with Crippen LogP contribution in [0.5, 0.6) is 0 Å². The molecule has 2 rings (SSSR count). The fourth-order valence-electron chi connectivity index (χ4n) is 3.22. The highest BCUT2D eigenvalue weighted by atomic mass is 35.5. The molecule has 1 aliphatic rings. The summed E-state index contributed by atoms with van der Waals surface area (Å²) in [7, 11) is 0. The van der Waals surface area contributed by atoms with Crippen LogP contribution in [0.15, 0.2) is 24.3 Å². The van der Waals surface area contributed by atoms with E-state index in [1.54, 1.807) is 24.3 Å². The van der Waals surface area contributed by atoms with Gasteiger partial charge in [0.1, 0.15) is 0 Å². The molecule has 1 fully saturated rings. The van der Waals surface area contributed by atoms with Gasteiger partial charge in [0.05, 0.1) is 0 Å². The summed E-state index contributed by atoms with van der Waals surface area (Å²) in [6, 6.07) is 7.06. The summed E-state index contributed by atoms with van der Waals surface area (Å²) in [5, 5.41) is 6.60. The molecule has 0 bridgehead atoms. The van der Waals surface area contributed by atoms with Crippen LogP contribution >= 0.6 is 11.6 Å². The number of rotatable bonds is 6. The van der Waals surface area contributed by atoms with E-state index in [1.807, 2.05) is 0 Å². The smallest absolute Gasteiger partial charge is 0.251 e. The number of hydrogen-bond acceptors (Lipinski definition) is 2. The maximum absolute atomic E-state index is 12.1. The largest absolute Gasteiger partial charge is 0.353 e. The number of halogens is 1. The fourth-order valence-corrected chi connectivity index (χ4v) is 3.34. The quantitative estimate of drug-likeness (QED) is 0.767. The number of carbonyl (C=O) groups is 2. The van der Waals surface area contributed by atoms with Crippen LogP contribution < -0.4 is 10.6 Å². The monoisotopic (exact) mass is 350 g/mol. The third kappa shape index (κ3) is 5.52. The summed E-state index contributed by atoms with van der Waals surface area (Å²) in [4.78, 5) is 24.0. The first kappa shape index (κ1) is 18.8. The highest BCUT2D eigenvalue weighted by Crippen LogP contribution is 2.29. The van der Waals surface area contributed by atoms with Crippen LogP contribution in [-0.4, -0.2) is 24.4 Å². The number of nitrogens with one attached hydrogen (secondary N) is 2. The molecule has 0 aromatic heterocycles. The van der Waals surface area contributed by atoms with Crippen LogP contribution in [0.3, 0.4) is 0 Å². The van der Waals surface area contributed by atoms with Crippen LogP contribution in [0.1, 0.15) is 56.3 Å². The Morgan fingerprint density at radius 2 is 1.88 bits per heavy atom. The molecule has 1 aromatic rings. The Morgan fingerprint density at radius 3 is 2.58 bits per heavy atom. The van der Waals surface area contributed by atoms with Gasteiger partial charge in [-0.3, -0.25) is 9.59 Å². The summed E-state index contributed by atoms with van der Waals surface area (Å²) in [6.45, 7) is 4.97. The molecule has 0 heterocycles. The van der Waals surface area contributed by atoms with Crippen molar-refractivity contribution in [2.24, 2.45) is 11.8 Å². The molecular formula is C19H27ClN2O2. The van der Waals surface area contributed by atoms with Crippen molar-refractivity contribution >= 4 is 23.4 Å². The average Bonchev–Trinajstić information content (AvgIpc) is 2.56. The zero-order valence-electron chi connectivity index (χ0n) is 14.5. The zero-order valence-corrected chi connectivity index (χ0v) is 15.2. The number of carbonyl (C=O) groups excluding carboxylic acids is 2. The molecule has 1 saturated carbocycles. The van der Waals surface area contributed by atoms with Crippen molar-refractivity contribution in [1.29, 1.82) is 0 Å². The van der Waals surface area contributed by atoms with E-state index < -0.39 is 0 Å². The second-order valence-electron chi connectivity index (χ2n) is 6.81. The van der Waals surface area contributed by atoms with E-state index >= 15 is 0 Å². The molecule has 3 unspecified atom stereocenters. The van der Waals surface area contributed by atoms with Crippen molar-refractivity contribution in [1.82, 2.24) is 10.6 Å². The van der Waals surface area contributed by atoms with Gasteiger partial charge in [-0.15, -0.1) is 0 Å². The van der Waals surface area contributed by atoms with Gasteiger partial charge in [0, 0.05) is 29.6 Å². The van der Waals surface area contributed by atoms with Gasteiger partial charge in [-0.1, -0.05) is 38.3 Å². The van der Waals surface area contributed by atoms with Crippen LogP contribution in [0.25, 0.3) is 0 Å². The lowest BCUT2D eigenvalue weighted by atomic mass is 9.78. The summed E-state index contributed by atoms with van der Waals surface area (Å²) < 4.78 is 0. The van der Waals surface area contributed by atoms with Gasteiger partial charge in [0.2, 0.25) is 5.91 Å². The first-order chi connectivity index (χ1) is 11.5. The lowest BCUT2D eigenvalue weighted by Gasteiger charge is -2.34. The number of benzene rings is 1. The van der Waals surface area contributed by atoms with Crippen LogP contribution in [0, 0.1) is 11.8 Å². The third-order valence-corrected chi connectivity index (χ3v) is 5.28. The topological polar surface area (TPSA) is 58.2 Å². The van der Waals surface area contributed by atoms with Crippen LogP contribution in [0.2, 0.25) is 5.02 Å². The lowest BCUT2D eigenvalue weighted by molar-refractivity contribution is -0.122. The van der Waals surface area contributed by atoms with E-state index in [4.69, 9.17) is 11.6 Å². The van der Waals surface area contributed by atoms with Gasteiger partial charge >= 0.3 is 0 Å². The maximum Gasteiger partial charge on any atom is 0.251 e. The SMILES string of the molecule is CC1CCCC(NC(=O)CCCNC(=O)c2ccc(Cl)cc2)C1C. The van der Waals surface area contributed by atoms with Gasteiger partial charge in [-0.25, -0.2) is 0 Å². The lowest BCUT2D eigenvalue weighted by Crippen LogP contribution is -2.43. The molecule has 0 aliphatic heterocycles. The van der Waals surface area contributed by atoms with Gasteiger partial charge < -0.3 is 10.6 Å². The number of amides is 2. The highest BCUT2D eigenvalue weighted by Gasteiger charge is 2.27. The van der Waals surface area contributed by atoms with Crippen molar-refractivity contribution in [3.8, 4) is 0 Å². The predicted octanol–water partition coefficient (Wildman–Crippen LogP) is 3.79. The Balaban J connectivity index is 1.65. The third-order valence-electron chi connectivity index (χ3n) is 5.03. The normalized spacial score (nSPS) is 23.5. The molecule has 24 heavy (non-hydrogen) atoms. The van der Waals surface area contributed by atoms with Gasteiger partial charge in [-0.2, -0.15) is 0 Å². The Morgan fingerprint density at radius 1 is 1.17 bits per heavy atom. The Kier molecular flexibility index (Phi) is 7.10. The molecule has 1 aliphatic carbocycles. The van der Waals surface area contributed by atoms with Crippen molar-refractivity contribution in [3.63, 3.8) is 0 Å². The van der Waals surface area contributed by atoms with E-state index in [-0.39, 0.29) is 11.8 Å². The Bertz CT molecular complexity index is 559. The van der Waals surface area contributed by atoms with E-state index in [1.165, 1.54) is 12.8 Å². The zero-order chi connectivity index (χ0) is 17.5.